The van der Waals surface area contributed by atoms with Crippen molar-refractivity contribution in [3.05, 3.63) is 47.3 Å². The van der Waals surface area contributed by atoms with Crippen LogP contribution in [0.5, 0.6) is 0 Å². The molecule has 3 aromatic rings. The van der Waals surface area contributed by atoms with Crippen LogP contribution >= 0.6 is 0 Å². The summed E-state index contributed by atoms with van der Waals surface area (Å²) in [5.41, 5.74) is 1.84. The summed E-state index contributed by atoms with van der Waals surface area (Å²) in [5, 5.41) is 7.45. The number of urea groups is 1. The Labute approximate surface area is 229 Å². The minimum atomic E-state index is -0.398. The van der Waals surface area contributed by atoms with Crippen LogP contribution in [0.15, 0.2) is 24.4 Å². The van der Waals surface area contributed by atoms with E-state index in [0.717, 1.165) is 38.5 Å². The molecular weight excluding hydrogens is 497 g/mol. The van der Waals surface area contributed by atoms with E-state index >= 15 is 4.39 Å². The number of halogens is 1. The lowest BCUT2D eigenvalue weighted by molar-refractivity contribution is 0.0893. The smallest absolute Gasteiger partial charge is 0.319 e. The second-order valence-corrected chi connectivity index (χ2v) is 11.4. The Kier molecular flexibility index (Phi) is 7.91. The molecule has 210 valence electrons. The number of piperidine rings is 1. The van der Waals surface area contributed by atoms with Crippen LogP contribution in [0, 0.1) is 17.7 Å². The average molecular weight is 538 g/mol. The summed E-state index contributed by atoms with van der Waals surface area (Å²) in [5.74, 6) is 0.807. The first-order valence-electron chi connectivity index (χ1n) is 14.3. The molecule has 10 heteroatoms. The van der Waals surface area contributed by atoms with Gasteiger partial charge in [-0.2, -0.15) is 5.10 Å². The van der Waals surface area contributed by atoms with Crippen LogP contribution in [0.2, 0.25) is 0 Å². The van der Waals surface area contributed by atoms with E-state index in [2.05, 4.69) is 22.3 Å². The number of rotatable bonds is 6. The number of aryl methyl sites for hydroxylation is 1. The third-order valence-corrected chi connectivity index (χ3v) is 8.49. The van der Waals surface area contributed by atoms with Gasteiger partial charge >= 0.3 is 6.03 Å². The molecule has 0 radical (unpaired) electrons. The standard InChI is InChI=1S/C29H40FN7O2/c1-5-37-23(15-16-31-37)28(38)34-25(19-11-9-18(2)10-12-19)27-32-21-14-13-20(24(30)26(21)33-27)22-8-6-7-17-36(22)29(39)35(3)4/h13-16,18-19,22,25H,5-12,17H2,1-4H3,(H,32,33)(H,34,38). The molecule has 0 bridgehead atoms. The van der Waals surface area contributed by atoms with Gasteiger partial charge in [-0.15, -0.1) is 0 Å². The van der Waals surface area contributed by atoms with Gasteiger partial charge in [0.25, 0.3) is 5.91 Å². The van der Waals surface area contributed by atoms with E-state index in [1.807, 2.05) is 13.0 Å². The number of benzene rings is 1. The molecule has 2 aliphatic rings. The van der Waals surface area contributed by atoms with E-state index in [-0.39, 0.29) is 35.5 Å². The van der Waals surface area contributed by atoms with Crippen molar-refractivity contribution in [2.75, 3.05) is 20.6 Å². The first kappa shape index (κ1) is 27.1. The van der Waals surface area contributed by atoms with Gasteiger partial charge in [0, 0.05) is 38.9 Å². The van der Waals surface area contributed by atoms with E-state index in [9.17, 15) is 9.59 Å². The zero-order chi connectivity index (χ0) is 27.7. The number of nitrogens with zero attached hydrogens (tertiary/aromatic N) is 5. The van der Waals surface area contributed by atoms with Crippen molar-refractivity contribution in [3.8, 4) is 0 Å². The summed E-state index contributed by atoms with van der Waals surface area (Å²) in [6.07, 6.45) is 8.28. The van der Waals surface area contributed by atoms with Crippen molar-refractivity contribution >= 4 is 23.0 Å². The maximum Gasteiger partial charge on any atom is 0.319 e. The molecule has 2 unspecified atom stereocenters. The Morgan fingerprint density at radius 2 is 1.92 bits per heavy atom. The lowest BCUT2D eigenvalue weighted by Gasteiger charge is -2.37. The van der Waals surface area contributed by atoms with E-state index in [0.29, 0.717) is 48.0 Å². The van der Waals surface area contributed by atoms with Crippen LogP contribution < -0.4 is 5.32 Å². The van der Waals surface area contributed by atoms with Gasteiger partial charge in [-0.25, -0.2) is 14.2 Å². The normalized spacial score (nSPS) is 22.6. The van der Waals surface area contributed by atoms with Gasteiger partial charge in [-0.05, 0) is 63.0 Å². The predicted octanol–water partition coefficient (Wildman–Crippen LogP) is 5.42. The third kappa shape index (κ3) is 5.38. The molecule has 1 aliphatic carbocycles. The number of amides is 3. The van der Waals surface area contributed by atoms with Crippen LogP contribution in [0.1, 0.15) is 92.8 Å². The molecule has 39 heavy (non-hydrogen) atoms. The van der Waals surface area contributed by atoms with Gasteiger partial charge in [0.2, 0.25) is 0 Å². The summed E-state index contributed by atoms with van der Waals surface area (Å²) >= 11 is 0. The van der Waals surface area contributed by atoms with E-state index in [4.69, 9.17) is 4.98 Å². The highest BCUT2D eigenvalue weighted by molar-refractivity contribution is 5.92. The number of likely N-dealkylation sites (tertiary alicyclic amines) is 1. The minimum Gasteiger partial charge on any atom is -0.340 e. The molecule has 3 amide bonds. The SMILES string of the molecule is CCn1nccc1C(=O)NC(c1nc2c(F)c(C3CCCCN3C(=O)N(C)C)ccc2[nH]1)C1CCC(C)CC1. The van der Waals surface area contributed by atoms with Gasteiger partial charge in [0.05, 0.1) is 17.6 Å². The number of H-pyrrole nitrogens is 1. The Hall–Kier alpha value is -3.43. The second kappa shape index (κ2) is 11.4. The maximum atomic E-state index is 16.1. The number of nitrogens with one attached hydrogen (secondary N) is 2. The third-order valence-electron chi connectivity index (χ3n) is 8.49. The lowest BCUT2D eigenvalue weighted by Crippen LogP contribution is -2.44. The van der Waals surface area contributed by atoms with Crippen molar-refractivity contribution in [2.45, 2.75) is 77.4 Å². The quantitative estimate of drug-likeness (QED) is 0.438. The Morgan fingerprint density at radius 1 is 1.15 bits per heavy atom. The number of hydrogen-bond acceptors (Lipinski definition) is 4. The van der Waals surface area contributed by atoms with Crippen LogP contribution in [-0.2, 0) is 6.54 Å². The fraction of sp³-hybridized carbons (Fsp3) is 0.586. The predicted molar refractivity (Wildman–Crippen MR) is 148 cm³/mol. The molecular formula is C29H40FN7O2. The highest BCUT2D eigenvalue weighted by Gasteiger charge is 2.34. The number of fused-ring (bicyclic) bond motifs is 1. The van der Waals surface area contributed by atoms with E-state index < -0.39 is 5.82 Å². The van der Waals surface area contributed by atoms with Crippen molar-refractivity contribution in [2.24, 2.45) is 11.8 Å². The molecule has 2 atom stereocenters. The summed E-state index contributed by atoms with van der Waals surface area (Å²) < 4.78 is 17.8. The second-order valence-electron chi connectivity index (χ2n) is 11.4. The van der Waals surface area contributed by atoms with Gasteiger partial charge in [0.1, 0.15) is 17.0 Å². The number of carbonyl (C=O) groups excluding carboxylic acids is 2. The molecule has 2 N–H and O–H groups in total. The van der Waals surface area contributed by atoms with Crippen LogP contribution in [0.3, 0.4) is 0 Å². The summed E-state index contributed by atoms with van der Waals surface area (Å²) in [6.45, 7) is 5.41. The van der Waals surface area contributed by atoms with Crippen LogP contribution in [0.4, 0.5) is 9.18 Å². The molecule has 9 nitrogen and oxygen atoms in total. The monoisotopic (exact) mass is 537 g/mol. The first-order chi connectivity index (χ1) is 18.8. The molecule has 2 aromatic heterocycles. The molecule has 1 saturated heterocycles. The topological polar surface area (TPSA) is 99.2 Å². The largest absolute Gasteiger partial charge is 0.340 e. The number of imidazole rings is 1. The molecule has 1 saturated carbocycles. The Bertz CT molecular complexity index is 1320. The van der Waals surface area contributed by atoms with Gasteiger partial charge in [-0.3, -0.25) is 9.48 Å². The molecule has 1 aromatic carbocycles. The summed E-state index contributed by atoms with van der Waals surface area (Å²) in [4.78, 5) is 37.6. The Balaban J connectivity index is 1.49. The number of aromatic amines is 1. The lowest BCUT2D eigenvalue weighted by atomic mass is 9.79. The molecule has 0 spiro atoms. The maximum absolute atomic E-state index is 16.1. The summed E-state index contributed by atoms with van der Waals surface area (Å²) in [6, 6.07) is 4.54. The minimum absolute atomic E-state index is 0.109. The Morgan fingerprint density at radius 3 is 2.64 bits per heavy atom. The van der Waals surface area contributed by atoms with Crippen molar-refractivity contribution in [1.29, 1.82) is 0 Å². The molecule has 1 aliphatic heterocycles. The summed E-state index contributed by atoms with van der Waals surface area (Å²) in [7, 11) is 3.45. The number of carbonyl (C=O) groups is 2. The van der Waals surface area contributed by atoms with Crippen LogP contribution in [0.25, 0.3) is 11.0 Å². The van der Waals surface area contributed by atoms with Crippen molar-refractivity contribution < 1.29 is 14.0 Å². The van der Waals surface area contributed by atoms with E-state index in [1.165, 1.54) is 0 Å². The molecule has 3 heterocycles. The fourth-order valence-corrected chi connectivity index (χ4v) is 6.24. The van der Waals surface area contributed by atoms with Gasteiger partial charge in [0.15, 0.2) is 5.82 Å². The van der Waals surface area contributed by atoms with Gasteiger partial charge in [-0.1, -0.05) is 25.8 Å². The fourth-order valence-electron chi connectivity index (χ4n) is 6.24. The molecule has 2 fully saturated rings. The highest BCUT2D eigenvalue weighted by atomic mass is 19.1. The van der Waals surface area contributed by atoms with Gasteiger partial charge < -0.3 is 20.1 Å². The zero-order valence-electron chi connectivity index (χ0n) is 23.4. The zero-order valence-corrected chi connectivity index (χ0v) is 23.4. The number of aromatic nitrogens is 4. The first-order valence-corrected chi connectivity index (χ1v) is 14.3. The van der Waals surface area contributed by atoms with Crippen LogP contribution in [-0.4, -0.2) is 62.1 Å². The van der Waals surface area contributed by atoms with Crippen molar-refractivity contribution in [3.63, 3.8) is 0 Å². The molecule has 5 rings (SSSR count). The average Bonchev–Trinajstić information content (AvgIpc) is 3.60. The van der Waals surface area contributed by atoms with Crippen molar-refractivity contribution in [1.82, 2.24) is 34.9 Å². The van der Waals surface area contributed by atoms with E-state index in [1.54, 1.807) is 46.9 Å². The number of hydrogen-bond donors (Lipinski definition) is 2. The highest BCUT2D eigenvalue weighted by Crippen LogP contribution is 2.38.